The van der Waals surface area contributed by atoms with Gasteiger partial charge in [-0.1, -0.05) is 42.5 Å². The standard InChI is InChI=1S/C27H24N2O4/c1-32-25-10-6-5-9-23(25)29-27(31)20-11-13-21(14-12-20)28-26(30)18-16-22-15-17-24(33-22)19-7-3-2-4-8-19/h2-15,17H,16,18H2,1H3,(H,28,30)(H,29,31). The third kappa shape index (κ3) is 5.68. The molecule has 0 saturated heterocycles. The number of carbonyl (C=O) groups is 2. The molecule has 0 atom stereocenters. The molecule has 0 spiro atoms. The number of benzene rings is 3. The van der Waals surface area contributed by atoms with E-state index in [0.29, 0.717) is 29.1 Å². The van der Waals surface area contributed by atoms with Crippen molar-refractivity contribution in [2.75, 3.05) is 17.7 Å². The van der Waals surface area contributed by atoms with Gasteiger partial charge in [-0.3, -0.25) is 9.59 Å². The topological polar surface area (TPSA) is 80.6 Å². The second kappa shape index (κ2) is 10.3. The molecule has 0 unspecified atom stereocenters. The summed E-state index contributed by atoms with van der Waals surface area (Å²) in [6, 6.07) is 27.6. The summed E-state index contributed by atoms with van der Waals surface area (Å²) in [6.45, 7) is 0. The molecule has 1 aromatic heterocycles. The monoisotopic (exact) mass is 440 g/mol. The first kappa shape index (κ1) is 21.9. The smallest absolute Gasteiger partial charge is 0.255 e. The Morgan fingerprint density at radius 3 is 2.30 bits per heavy atom. The Morgan fingerprint density at radius 1 is 0.818 bits per heavy atom. The molecule has 2 amide bonds. The predicted octanol–water partition coefficient (Wildman–Crippen LogP) is 5.78. The first-order valence-electron chi connectivity index (χ1n) is 10.6. The van der Waals surface area contributed by atoms with Crippen LogP contribution in [0, 0.1) is 0 Å². The minimum atomic E-state index is -0.260. The van der Waals surface area contributed by atoms with E-state index in [1.54, 1.807) is 43.5 Å². The summed E-state index contributed by atoms with van der Waals surface area (Å²) >= 11 is 0. The molecule has 0 radical (unpaired) electrons. The maximum Gasteiger partial charge on any atom is 0.255 e. The van der Waals surface area contributed by atoms with Crippen LogP contribution in [0.4, 0.5) is 11.4 Å². The number of amides is 2. The van der Waals surface area contributed by atoms with E-state index in [1.165, 1.54) is 0 Å². The fraction of sp³-hybridized carbons (Fsp3) is 0.111. The van der Waals surface area contributed by atoms with E-state index in [0.717, 1.165) is 17.1 Å². The summed E-state index contributed by atoms with van der Waals surface area (Å²) in [7, 11) is 1.55. The van der Waals surface area contributed by atoms with Gasteiger partial charge in [0.05, 0.1) is 12.8 Å². The van der Waals surface area contributed by atoms with E-state index in [1.807, 2.05) is 54.6 Å². The van der Waals surface area contributed by atoms with Crippen LogP contribution in [0.3, 0.4) is 0 Å². The number of furan rings is 1. The van der Waals surface area contributed by atoms with Gasteiger partial charge in [-0.2, -0.15) is 0 Å². The SMILES string of the molecule is COc1ccccc1NC(=O)c1ccc(NC(=O)CCc2ccc(-c3ccccc3)o2)cc1. The molecule has 3 aromatic carbocycles. The highest BCUT2D eigenvalue weighted by Crippen LogP contribution is 2.24. The normalized spacial score (nSPS) is 10.5. The Labute approximate surface area is 192 Å². The predicted molar refractivity (Wildman–Crippen MR) is 128 cm³/mol. The number of aryl methyl sites for hydroxylation is 1. The molecule has 6 heteroatoms. The van der Waals surface area contributed by atoms with E-state index in [2.05, 4.69) is 10.6 Å². The first-order chi connectivity index (χ1) is 16.1. The first-order valence-corrected chi connectivity index (χ1v) is 10.6. The van der Waals surface area contributed by atoms with Crippen molar-refractivity contribution >= 4 is 23.2 Å². The van der Waals surface area contributed by atoms with Crippen molar-refractivity contribution in [2.24, 2.45) is 0 Å². The molecular weight excluding hydrogens is 416 g/mol. The highest BCUT2D eigenvalue weighted by atomic mass is 16.5. The van der Waals surface area contributed by atoms with Crippen molar-refractivity contribution in [2.45, 2.75) is 12.8 Å². The van der Waals surface area contributed by atoms with Crippen LogP contribution in [0.15, 0.2) is 95.4 Å². The lowest BCUT2D eigenvalue weighted by Crippen LogP contribution is -2.14. The van der Waals surface area contributed by atoms with Gasteiger partial charge in [0.15, 0.2) is 0 Å². The van der Waals surface area contributed by atoms with Crippen LogP contribution in [-0.4, -0.2) is 18.9 Å². The minimum Gasteiger partial charge on any atom is -0.495 e. The van der Waals surface area contributed by atoms with Gasteiger partial charge in [0, 0.05) is 29.7 Å². The number of hydrogen-bond donors (Lipinski definition) is 2. The van der Waals surface area contributed by atoms with Gasteiger partial charge in [0.25, 0.3) is 5.91 Å². The maximum absolute atomic E-state index is 12.5. The third-order valence-corrected chi connectivity index (χ3v) is 5.10. The zero-order chi connectivity index (χ0) is 23.0. The number of methoxy groups -OCH3 is 1. The van der Waals surface area contributed by atoms with E-state index in [9.17, 15) is 9.59 Å². The van der Waals surface area contributed by atoms with Gasteiger partial charge in [-0.25, -0.2) is 0 Å². The Morgan fingerprint density at radius 2 is 1.55 bits per heavy atom. The Kier molecular flexibility index (Phi) is 6.85. The lowest BCUT2D eigenvalue weighted by atomic mass is 10.1. The second-order valence-corrected chi connectivity index (χ2v) is 7.41. The number of nitrogens with one attached hydrogen (secondary N) is 2. The van der Waals surface area contributed by atoms with E-state index in [4.69, 9.17) is 9.15 Å². The zero-order valence-electron chi connectivity index (χ0n) is 18.2. The molecule has 33 heavy (non-hydrogen) atoms. The van der Waals surface area contributed by atoms with E-state index in [-0.39, 0.29) is 18.2 Å². The van der Waals surface area contributed by atoms with Crippen molar-refractivity contribution in [3.8, 4) is 17.1 Å². The fourth-order valence-corrected chi connectivity index (χ4v) is 3.38. The van der Waals surface area contributed by atoms with Gasteiger partial charge < -0.3 is 19.8 Å². The van der Waals surface area contributed by atoms with Gasteiger partial charge in [-0.15, -0.1) is 0 Å². The van der Waals surface area contributed by atoms with Crippen LogP contribution < -0.4 is 15.4 Å². The Bertz CT molecular complexity index is 1230. The summed E-state index contributed by atoms with van der Waals surface area (Å²) < 4.78 is 11.1. The Balaban J connectivity index is 1.29. The Hall–Kier alpha value is -4.32. The molecule has 0 aliphatic rings. The van der Waals surface area contributed by atoms with Crippen molar-refractivity contribution in [3.63, 3.8) is 0 Å². The number of rotatable bonds is 8. The fourth-order valence-electron chi connectivity index (χ4n) is 3.38. The van der Waals surface area contributed by atoms with Crippen LogP contribution in [0.1, 0.15) is 22.5 Å². The number of carbonyl (C=O) groups excluding carboxylic acids is 2. The quantitative estimate of drug-likeness (QED) is 0.364. The van der Waals surface area contributed by atoms with Crippen molar-refractivity contribution in [1.82, 2.24) is 0 Å². The number of hydrogen-bond acceptors (Lipinski definition) is 4. The van der Waals surface area contributed by atoms with E-state index >= 15 is 0 Å². The van der Waals surface area contributed by atoms with Crippen LogP contribution >= 0.6 is 0 Å². The average molecular weight is 440 g/mol. The zero-order valence-corrected chi connectivity index (χ0v) is 18.2. The largest absolute Gasteiger partial charge is 0.495 e. The molecule has 0 aliphatic heterocycles. The summed E-state index contributed by atoms with van der Waals surface area (Å²) in [5.74, 6) is 1.74. The van der Waals surface area contributed by atoms with Crippen molar-refractivity contribution in [3.05, 3.63) is 102 Å². The highest BCUT2D eigenvalue weighted by Gasteiger charge is 2.11. The molecule has 4 aromatic rings. The summed E-state index contributed by atoms with van der Waals surface area (Å²) in [4.78, 5) is 24.9. The van der Waals surface area contributed by atoms with Crippen molar-refractivity contribution < 1.29 is 18.7 Å². The summed E-state index contributed by atoms with van der Waals surface area (Å²) in [5, 5.41) is 5.68. The van der Waals surface area contributed by atoms with Crippen LogP contribution in [-0.2, 0) is 11.2 Å². The molecule has 6 nitrogen and oxygen atoms in total. The van der Waals surface area contributed by atoms with Gasteiger partial charge in [0.1, 0.15) is 17.3 Å². The molecule has 0 aliphatic carbocycles. The van der Waals surface area contributed by atoms with Crippen LogP contribution in [0.5, 0.6) is 5.75 Å². The minimum absolute atomic E-state index is 0.126. The molecule has 4 rings (SSSR count). The number of anilines is 2. The molecule has 0 bridgehead atoms. The molecular formula is C27H24N2O4. The second-order valence-electron chi connectivity index (χ2n) is 7.41. The molecule has 1 heterocycles. The van der Waals surface area contributed by atoms with Gasteiger partial charge in [-0.05, 0) is 48.5 Å². The van der Waals surface area contributed by atoms with Crippen molar-refractivity contribution in [1.29, 1.82) is 0 Å². The lowest BCUT2D eigenvalue weighted by Gasteiger charge is -2.10. The molecule has 166 valence electrons. The average Bonchev–Trinajstić information content (AvgIpc) is 3.33. The molecule has 0 fully saturated rings. The number of para-hydroxylation sites is 2. The molecule has 0 saturated carbocycles. The highest BCUT2D eigenvalue weighted by molar-refractivity contribution is 6.05. The number of ether oxygens (including phenoxy) is 1. The van der Waals surface area contributed by atoms with Gasteiger partial charge in [0.2, 0.25) is 5.91 Å². The van der Waals surface area contributed by atoms with E-state index < -0.39 is 0 Å². The van der Waals surface area contributed by atoms with Gasteiger partial charge >= 0.3 is 0 Å². The maximum atomic E-state index is 12.5. The third-order valence-electron chi connectivity index (χ3n) is 5.10. The van der Waals surface area contributed by atoms with Crippen LogP contribution in [0.25, 0.3) is 11.3 Å². The summed E-state index contributed by atoms with van der Waals surface area (Å²) in [5.41, 5.74) is 2.69. The summed E-state index contributed by atoms with van der Waals surface area (Å²) in [6.07, 6.45) is 0.788. The molecule has 2 N–H and O–H groups in total. The lowest BCUT2D eigenvalue weighted by molar-refractivity contribution is -0.116. The van der Waals surface area contributed by atoms with Crippen LogP contribution in [0.2, 0.25) is 0 Å².